The Hall–Kier alpha value is -0.610. The maximum absolute atomic E-state index is 5.97. The highest BCUT2D eigenvalue weighted by Gasteiger charge is 2.38. The molecule has 1 aromatic rings. The van der Waals surface area contributed by atoms with Crippen molar-refractivity contribution < 1.29 is 0 Å². The van der Waals surface area contributed by atoms with E-state index in [0.717, 1.165) is 30.9 Å². The molecule has 136 valence electrons. The zero-order valence-electron chi connectivity index (χ0n) is 16.4. The minimum Gasteiger partial charge on any atom is -0.387 e. The average Bonchev–Trinajstić information content (AvgIpc) is 2.53. The van der Waals surface area contributed by atoms with Gasteiger partial charge >= 0.3 is 0 Å². The summed E-state index contributed by atoms with van der Waals surface area (Å²) in [4.78, 5) is 4.13. The summed E-state index contributed by atoms with van der Waals surface area (Å²) >= 11 is 0. The third-order valence-electron chi connectivity index (χ3n) is 4.96. The largest absolute Gasteiger partial charge is 0.387 e. The number of rotatable bonds is 9. The molecule has 0 heterocycles. The summed E-state index contributed by atoms with van der Waals surface area (Å²) in [6.45, 7) is 13.6. The molecule has 2 N–H and O–H groups in total. The summed E-state index contributed by atoms with van der Waals surface area (Å²) in [7, 11) is 5.69. The van der Waals surface area contributed by atoms with Crippen molar-refractivity contribution in [2.75, 3.05) is 7.05 Å². The van der Waals surface area contributed by atoms with E-state index in [-0.39, 0.29) is 10.2 Å². The normalized spacial score (nSPS) is 13.4. The van der Waals surface area contributed by atoms with Crippen LogP contribution in [0.4, 0.5) is 0 Å². The van der Waals surface area contributed by atoms with Gasteiger partial charge in [0.25, 0.3) is 0 Å². The molecule has 0 saturated heterocycles. The Kier molecular flexibility index (Phi) is 8.21. The lowest BCUT2D eigenvalue weighted by Crippen LogP contribution is -2.38. The number of aliphatic imine (C=N–C) groups is 1. The minimum atomic E-state index is 0.0914. The van der Waals surface area contributed by atoms with Gasteiger partial charge in [0, 0.05) is 24.0 Å². The van der Waals surface area contributed by atoms with Crippen molar-refractivity contribution in [1.82, 2.24) is 0 Å². The fraction of sp³-hybridized carbons (Fsp3) is 0.650. The Morgan fingerprint density at radius 3 is 1.96 bits per heavy atom. The van der Waals surface area contributed by atoms with Crippen LogP contribution in [0, 0.1) is 5.41 Å². The van der Waals surface area contributed by atoms with Gasteiger partial charge in [-0.05, 0) is 48.8 Å². The molecule has 0 aliphatic heterocycles. The van der Waals surface area contributed by atoms with E-state index >= 15 is 0 Å². The lowest BCUT2D eigenvalue weighted by molar-refractivity contribution is 0.297. The van der Waals surface area contributed by atoms with Crippen LogP contribution in [0.2, 0.25) is 0 Å². The predicted molar refractivity (Wildman–Crippen MR) is 114 cm³/mol. The van der Waals surface area contributed by atoms with Gasteiger partial charge in [0.05, 0.1) is 5.84 Å². The average molecular weight is 367 g/mol. The molecule has 0 aromatic heterocycles. The first-order chi connectivity index (χ1) is 11.1. The number of hydrogen-bond donors (Lipinski definition) is 1. The monoisotopic (exact) mass is 366 g/mol. The van der Waals surface area contributed by atoms with E-state index in [0.29, 0.717) is 0 Å². The second-order valence-electron chi connectivity index (χ2n) is 7.50. The fourth-order valence-corrected chi connectivity index (χ4v) is 5.53. The van der Waals surface area contributed by atoms with Crippen LogP contribution in [-0.4, -0.2) is 17.6 Å². The summed E-state index contributed by atoms with van der Waals surface area (Å²) in [5.41, 5.74) is 10.4. The van der Waals surface area contributed by atoms with Crippen molar-refractivity contribution in [2.24, 2.45) is 16.1 Å². The van der Waals surface area contributed by atoms with Crippen LogP contribution in [0.5, 0.6) is 0 Å². The van der Waals surface area contributed by atoms with Gasteiger partial charge in [0.2, 0.25) is 0 Å². The van der Waals surface area contributed by atoms with Crippen LogP contribution in [0.1, 0.15) is 64.7 Å². The molecule has 1 aromatic carbocycles. The summed E-state index contributed by atoms with van der Waals surface area (Å²) < 4.78 is 0.114. The van der Waals surface area contributed by atoms with Crippen LogP contribution in [0.3, 0.4) is 0 Å². The van der Waals surface area contributed by atoms with Crippen molar-refractivity contribution in [3.63, 3.8) is 0 Å². The van der Waals surface area contributed by atoms with Crippen molar-refractivity contribution >= 4 is 27.4 Å². The van der Waals surface area contributed by atoms with Crippen LogP contribution >= 0.6 is 21.6 Å². The van der Waals surface area contributed by atoms with Crippen LogP contribution < -0.4 is 5.73 Å². The minimum absolute atomic E-state index is 0.0914. The van der Waals surface area contributed by atoms with Gasteiger partial charge in [0.1, 0.15) is 0 Å². The Morgan fingerprint density at radius 1 is 1.00 bits per heavy atom. The number of nitrogens with two attached hydrogens (primary N) is 1. The van der Waals surface area contributed by atoms with Gasteiger partial charge < -0.3 is 5.73 Å². The second-order valence-corrected chi connectivity index (χ2v) is 10.4. The van der Waals surface area contributed by atoms with Gasteiger partial charge in [-0.2, -0.15) is 0 Å². The second kappa shape index (κ2) is 9.19. The highest BCUT2D eigenvalue weighted by molar-refractivity contribution is 8.76. The van der Waals surface area contributed by atoms with E-state index in [1.54, 1.807) is 7.05 Å². The molecule has 0 fully saturated rings. The first kappa shape index (κ1) is 21.4. The number of nitrogens with zero attached hydrogens (tertiary/aromatic N) is 1. The molecule has 24 heavy (non-hydrogen) atoms. The summed E-state index contributed by atoms with van der Waals surface area (Å²) in [5.74, 6) is 1.78. The zero-order valence-corrected chi connectivity index (χ0v) is 18.0. The molecule has 0 aliphatic carbocycles. The molecule has 0 atom stereocenters. The molecule has 0 amide bonds. The summed E-state index contributed by atoms with van der Waals surface area (Å²) in [6.07, 6.45) is 3.04. The number of amidine groups is 1. The van der Waals surface area contributed by atoms with Crippen molar-refractivity contribution in [2.45, 2.75) is 71.3 Å². The smallest absolute Gasteiger partial charge is 0.0939 e. The van der Waals surface area contributed by atoms with Crippen LogP contribution in [0.25, 0.3) is 0 Å². The molecule has 0 saturated carbocycles. The fourth-order valence-electron chi connectivity index (χ4n) is 2.43. The number of hydrogen-bond acceptors (Lipinski definition) is 3. The van der Waals surface area contributed by atoms with E-state index in [2.05, 4.69) is 64.7 Å². The van der Waals surface area contributed by atoms with E-state index in [1.165, 1.54) is 16.7 Å². The molecule has 0 bridgehead atoms. The third kappa shape index (κ3) is 6.03. The highest BCUT2D eigenvalue weighted by Crippen LogP contribution is 2.49. The Morgan fingerprint density at radius 2 is 1.50 bits per heavy atom. The van der Waals surface area contributed by atoms with Crippen molar-refractivity contribution in [1.29, 1.82) is 0 Å². The Labute approximate surface area is 156 Å². The first-order valence-corrected chi connectivity index (χ1v) is 11.1. The van der Waals surface area contributed by atoms with E-state index in [9.17, 15) is 0 Å². The van der Waals surface area contributed by atoms with Gasteiger partial charge in [-0.15, -0.1) is 0 Å². The summed E-state index contributed by atoms with van der Waals surface area (Å²) in [5, 5.41) is 0. The molecular weight excluding hydrogens is 332 g/mol. The molecule has 4 heteroatoms. The molecule has 1 rings (SSSR count). The Bertz CT molecular complexity index is 541. The SMILES string of the molecule is CCc1cc(CC)cc(CSSC(C)(C)C(C)(C)CC(N)=NC)c1. The van der Waals surface area contributed by atoms with Gasteiger partial charge in [0.15, 0.2) is 0 Å². The maximum Gasteiger partial charge on any atom is 0.0939 e. The number of aryl methyl sites for hydroxylation is 2. The lowest BCUT2D eigenvalue weighted by Gasteiger charge is -2.40. The van der Waals surface area contributed by atoms with Gasteiger partial charge in [-0.3, -0.25) is 4.99 Å². The van der Waals surface area contributed by atoms with Crippen LogP contribution in [0.15, 0.2) is 23.2 Å². The van der Waals surface area contributed by atoms with Crippen LogP contribution in [-0.2, 0) is 18.6 Å². The highest BCUT2D eigenvalue weighted by atomic mass is 33.1. The van der Waals surface area contributed by atoms with E-state index in [4.69, 9.17) is 5.73 Å². The van der Waals surface area contributed by atoms with Gasteiger partial charge in [-0.25, -0.2) is 0 Å². The molecule has 0 unspecified atom stereocenters. The zero-order chi connectivity index (χ0) is 18.4. The first-order valence-electron chi connectivity index (χ1n) is 8.78. The third-order valence-corrected chi connectivity index (χ3v) is 8.46. The maximum atomic E-state index is 5.97. The van der Waals surface area contributed by atoms with Gasteiger partial charge in [-0.1, -0.05) is 67.5 Å². The Balaban J connectivity index is 2.71. The molecule has 2 nitrogen and oxygen atoms in total. The van der Waals surface area contributed by atoms with E-state index in [1.807, 2.05) is 21.6 Å². The molecule has 0 aliphatic rings. The summed E-state index contributed by atoms with van der Waals surface area (Å²) in [6, 6.07) is 7.04. The number of benzene rings is 1. The quantitative estimate of drug-likeness (QED) is 0.337. The predicted octanol–water partition coefficient (Wildman–Crippen LogP) is 5.87. The molecule has 0 spiro atoms. The topological polar surface area (TPSA) is 38.4 Å². The molecular formula is C20H34N2S2. The standard InChI is InChI=1S/C20H34N2S2/c1-8-15-10-16(9-2)12-17(11-15)14-23-24-20(5,6)19(3,4)13-18(21)22-7/h10-12H,8-9,13-14H2,1-7H3,(H2,21,22). The lowest BCUT2D eigenvalue weighted by atomic mass is 9.77. The van der Waals surface area contributed by atoms with E-state index < -0.39 is 0 Å². The van der Waals surface area contributed by atoms with Crippen molar-refractivity contribution in [3.05, 3.63) is 34.9 Å². The van der Waals surface area contributed by atoms with Crippen molar-refractivity contribution in [3.8, 4) is 0 Å². The molecule has 0 radical (unpaired) electrons.